The number of fused-ring (bicyclic) bond motifs is 1. The summed E-state index contributed by atoms with van der Waals surface area (Å²) >= 11 is 1.35. The minimum Gasteiger partial charge on any atom is -0.478 e. The smallest absolute Gasteiger partial charge is 0.336 e. The second-order valence-corrected chi connectivity index (χ2v) is 5.63. The Balaban J connectivity index is 2.09. The van der Waals surface area contributed by atoms with Gasteiger partial charge in [-0.3, -0.25) is 0 Å². The summed E-state index contributed by atoms with van der Waals surface area (Å²) < 4.78 is 0. The lowest BCUT2D eigenvalue weighted by Gasteiger charge is -2.08. The molecule has 0 atom stereocenters. The fourth-order valence-corrected chi connectivity index (χ4v) is 3.05. The van der Waals surface area contributed by atoms with Crippen LogP contribution in [0.3, 0.4) is 0 Å². The molecule has 3 aromatic rings. The molecule has 0 aliphatic heterocycles. The SMILES string of the molecule is Cc1ccc(Sc2ncnc3ccccc23)c(C(=O)O)c1. The van der Waals surface area contributed by atoms with Crippen molar-refractivity contribution in [1.29, 1.82) is 0 Å². The van der Waals surface area contributed by atoms with Crippen molar-refractivity contribution in [3.8, 4) is 0 Å². The van der Waals surface area contributed by atoms with Crippen LogP contribution in [0, 0.1) is 6.92 Å². The maximum absolute atomic E-state index is 11.4. The first-order valence-electron chi connectivity index (χ1n) is 6.36. The number of carboxylic acids is 1. The molecule has 2 aromatic carbocycles. The fraction of sp³-hybridized carbons (Fsp3) is 0.0625. The summed E-state index contributed by atoms with van der Waals surface area (Å²) in [5, 5.41) is 11.0. The van der Waals surface area contributed by atoms with Gasteiger partial charge in [0.2, 0.25) is 0 Å². The highest BCUT2D eigenvalue weighted by Gasteiger charge is 2.13. The zero-order valence-corrected chi connectivity index (χ0v) is 12.1. The van der Waals surface area contributed by atoms with E-state index in [1.165, 1.54) is 18.1 Å². The summed E-state index contributed by atoms with van der Waals surface area (Å²) in [6.07, 6.45) is 1.50. The number of rotatable bonds is 3. The molecule has 0 aliphatic carbocycles. The van der Waals surface area contributed by atoms with Crippen LogP contribution in [0.2, 0.25) is 0 Å². The second kappa shape index (κ2) is 5.54. The van der Waals surface area contributed by atoms with Crippen LogP contribution in [0.25, 0.3) is 10.9 Å². The fourth-order valence-electron chi connectivity index (χ4n) is 2.07. The van der Waals surface area contributed by atoms with Crippen LogP contribution in [0.4, 0.5) is 0 Å². The number of hydrogen-bond acceptors (Lipinski definition) is 4. The van der Waals surface area contributed by atoms with Gasteiger partial charge in [-0.05, 0) is 25.1 Å². The van der Waals surface area contributed by atoms with Crippen LogP contribution >= 0.6 is 11.8 Å². The third kappa shape index (κ3) is 2.73. The molecule has 21 heavy (non-hydrogen) atoms. The molecular weight excluding hydrogens is 284 g/mol. The van der Waals surface area contributed by atoms with E-state index in [9.17, 15) is 9.90 Å². The zero-order valence-electron chi connectivity index (χ0n) is 11.3. The van der Waals surface area contributed by atoms with E-state index in [0.717, 1.165) is 21.5 Å². The molecule has 0 amide bonds. The minimum absolute atomic E-state index is 0.294. The van der Waals surface area contributed by atoms with Gasteiger partial charge in [0.05, 0.1) is 11.1 Å². The highest BCUT2D eigenvalue weighted by molar-refractivity contribution is 7.99. The molecule has 0 saturated heterocycles. The van der Waals surface area contributed by atoms with Gasteiger partial charge in [0, 0.05) is 10.3 Å². The predicted molar refractivity (Wildman–Crippen MR) is 81.8 cm³/mol. The van der Waals surface area contributed by atoms with E-state index in [2.05, 4.69) is 9.97 Å². The number of hydrogen-bond donors (Lipinski definition) is 1. The average molecular weight is 296 g/mol. The molecule has 0 unspecified atom stereocenters. The topological polar surface area (TPSA) is 63.1 Å². The molecule has 0 radical (unpaired) electrons. The Hall–Kier alpha value is -2.40. The molecule has 0 fully saturated rings. The Morgan fingerprint density at radius 1 is 1.14 bits per heavy atom. The van der Waals surface area contributed by atoms with Gasteiger partial charge >= 0.3 is 5.97 Å². The van der Waals surface area contributed by atoms with E-state index >= 15 is 0 Å². The summed E-state index contributed by atoms with van der Waals surface area (Å²) in [4.78, 5) is 20.6. The van der Waals surface area contributed by atoms with Crippen molar-refractivity contribution in [3.05, 3.63) is 59.9 Å². The largest absolute Gasteiger partial charge is 0.478 e. The van der Waals surface area contributed by atoms with Gasteiger partial charge in [-0.1, -0.05) is 41.6 Å². The van der Waals surface area contributed by atoms with Gasteiger partial charge in [0.1, 0.15) is 11.4 Å². The van der Waals surface area contributed by atoms with Gasteiger partial charge in [0.15, 0.2) is 0 Å². The first-order chi connectivity index (χ1) is 10.1. The quantitative estimate of drug-likeness (QED) is 0.745. The van der Waals surface area contributed by atoms with Gasteiger partial charge in [-0.25, -0.2) is 14.8 Å². The molecule has 0 saturated carbocycles. The first-order valence-corrected chi connectivity index (χ1v) is 7.18. The van der Waals surface area contributed by atoms with Crippen molar-refractivity contribution >= 4 is 28.6 Å². The summed E-state index contributed by atoms with van der Waals surface area (Å²) in [5.74, 6) is -0.931. The molecule has 1 N–H and O–H groups in total. The molecule has 0 spiro atoms. The number of aromatic carboxylic acids is 1. The van der Waals surface area contributed by atoms with E-state index in [4.69, 9.17) is 0 Å². The Labute approximate surface area is 125 Å². The van der Waals surface area contributed by atoms with Crippen LogP contribution in [0.15, 0.2) is 58.7 Å². The van der Waals surface area contributed by atoms with Crippen LogP contribution in [-0.2, 0) is 0 Å². The van der Waals surface area contributed by atoms with Crippen molar-refractivity contribution in [2.24, 2.45) is 0 Å². The minimum atomic E-state index is -0.931. The van der Waals surface area contributed by atoms with E-state index in [1.807, 2.05) is 43.3 Å². The third-order valence-corrected chi connectivity index (χ3v) is 4.17. The average Bonchev–Trinajstić information content (AvgIpc) is 2.49. The van der Waals surface area contributed by atoms with Crippen LogP contribution in [0.5, 0.6) is 0 Å². The molecule has 0 bridgehead atoms. The molecule has 3 rings (SSSR count). The maximum atomic E-state index is 11.4. The van der Waals surface area contributed by atoms with E-state index in [1.54, 1.807) is 6.07 Å². The molecule has 0 aliphatic rings. The van der Waals surface area contributed by atoms with Gasteiger partial charge < -0.3 is 5.11 Å². The van der Waals surface area contributed by atoms with Crippen molar-refractivity contribution in [3.63, 3.8) is 0 Å². The Bertz CT molecular complexity index is 828. The van der Waals surface area contributed by atoms with Crippen molar-refractivity contribution < 1.29 is 9.90 Å². The molecule has 4 nitrogen and oxygen atoms in total. The number of carboxylic acid groups (broad SMARTS) is 1. The summed E-state index contributed by atoms with van der Waals surface area (Å²) in [6, 6.07) is 13.1. The first kappa shape index (κ1) is 13.6. The molecule has 1 aromatic heterocycles. The summed E-state index contributed by atoms with van der Waals surface area (Å²) in [5.41, 5.74) is 2.06. The molecule has 1 heterocycles. The van der Waals surface area contributed by atoms with Crippen LogP contribution in [0.1, 0.15) is 15.9 Å². The van der Waals surface area contributed by atoms with Gasteiger partial charge in [-0.2, -0.15) is 0 Å². The zero-order chi connectivity index (χ0) is 14.8. The number of carbonyl (C=O) groups is 1. The molecule has 5 heteroatoms. The Kier molecular flexibility index (Phi) is 3.58. The Morgan fingerprint density at radius 2 is 1.95 bits per heavy atom. The predicted octanol–water partition coefficient (Wildman–Crippen LogP) is 3.79. The lowest BCUT2D eigenvalue weighted by molar-refractivity contribution is 0.0693. The van der Waals surface area contributed by atoms with Crippen LogP contribution < -0.4 is 0 Å². The number of aromatic nitrogens is 2. The Morgan fingerprint density at radius 3 is 2.76 bits per heavy atom. The van der Waals surface area contributed by atoms with Gasteiger partial charge in [0.25, 0.3) is 0 Å². The van der Waals surface area contributed by atoms with Gasteiger partial charge in [-0.15, -0.1) is 0 Å². The van der Waals surface area contributed by atoms with Crippen molar-refractivity contribution in [2.45, 2.75) is 16.8 Å². The maximum Gasteiger partial charge on any atom is 0.336 e. The number of aryl methyl sites for hydroxylation is 1. The van der Waals surface area contributed by atoms with Crippen molar-refractivity contribution in [1.82, 2.24) is 9.97 Å². The van der Waals surface area contributed by atoms with Crippen LogP contribution in [-0.4, -0.2) is 21.0 Å². The summed E-state index contributed by atoms with van der Waals surface area (Å²) in [6.45, 7) is 1.88. The standard InChI is InChI=1S/C16H12N2O2S/c1-10-6-7-14(12(8-10)16(19)20)21-15-11-4-2-3-5-13(11)17-9-18-15/h2-9H,1H3,(H,19,20). The highest BCUT2D eigenvalue weighted by atomic mass is 32.2. The molecule has 104 valence electrons. The van der Waals surface area contributed by atoms with E-state index in [0.29, 0.717) is 10.5 Å². The van der Waals surface area contributed by atoms with Crippen molar-refractivity contribution in [2.75, 3.05) is 0 Å². The number of para-hydroxylation sites is 1. The lowest BCUT2D eigenvalue weighted by Crippen LogP contribution is -1.99. The second-order valence-electron chi connectivity index (χ2n) is 4.60. The third-order valence-electron chi connectivity index (χ3n) is 3.08. The van der Waals surface area contributed by atoms with E-state index in [-0.39, 0.29) is 0 Å². The van der Waals surface area contributed by atoms with E-state index < -0.39 is 5.97 Å². The monoisotopic (exact) mass is 296 g/mol. The molecular formula is C16H12N2O2S. The lowest BCUT2D eigenvalue weighted by atomic mass is 10.1. The normalized spacial score (nSPS) is 10.7. The number of nitrogens with zero attached hydrogens (tertiary/aromatic N) is 2. The highest BCUT2D eigenvalue weighted by Crippen LogP contribution is 2.33. The number of benzene rings is 2. The summed E-state index contributed by atoms with van der Waals surface area (Å²) in [7, 11) is 0.